The van der Waals surface area contributed by atoms with Gasteiger partial charge in [-0.1, -0.05) is 6.58 Å². The van der Waals surface area contributed by atoms with Crippen LogP contribution in [0.25, 0.3) is 0 Å². The molecule has 0 rings (SSSR count). The molecule has 15 heavy (non-hydrogen) atoms. The summed E-state index contributed by atoms with van der Waals surface area (Å²) in [5.74, 6) is -0.512. The van der Waals surface area contributed by atoms with Crippen LogP contribution < -0.4 is 0 Å². The number of hydrogen-bond donors (Lipinski definition) is 1. The van der Waals surface area contributed by atoms with E-state index in [0.717, 1.165) is 0 Å². The molecule has 0 radical (unpaired) electrons. The smallest absolute Gasteiger partial charge is 0.333 e. The standard InChI is InChI=1S/C10H18O5/c1-5-15-9(12)7(2)6-8(11)10(13-3)14-4/h8,10-11H,2,5-6H2,1,3-4H3. The Morgan fingerprint density at radius 2 is 1.93 bits per heavy atom. The van der Waals surface area contributed by atoms with E-state index in [2.05, 4.69) is 6.58 Å². The average molecular weight is 218 g/mol. The molecule has 0 aliphatic rings. The van der Waals surface area contributed by atoms with Crippen molar-refractivity contribution in [2.24, 2.45) is 0 Å². The molecule has 88 valence electrons. The summed E-state index contributed by atoms with van der Waals surface area (Å²) in [5.41, 5.74) is 0.198. The molecule has 0 aromatic carbocycles. The molecule has 0 aliphatic carbocycles. The van der Waals surface area contributed by atoms with Crippen LogP contribution in [0.1, 0.15) is 13.3 Å². The van der Waals surface area contributed by atoms with Crippen LogP contribution in [0.5, 0.6) is 0 Å². The Labute approximate surface area is 89.6 Å². The molecule has 5 heteroatoms. The molecule has 1 atom stereocenters. The van der Waals surface area contributed by atoms with Crippen LogP contribution in [-0.4, -0.2) is 44.3 Å². The average Bonchev–Trinajstić information content (AvgIpc) is 2.19. The number of hydrogen-bond acceptors (Lipinski definition) is 5. The van der Waals surface area contributed by atoms with Crippen LogP contribution in [0.3, 0.4) is 0 Å². The third-order valence-corrected chi connectivity index (χ3v) is 1.80. The van der Waals surface area contributed by atoms with Gasteiger partial charge in [-0.25, -0.2) is 4.79 Å². The number of aliphatic hydroxyl groups excluding tert-OH is 1. The first-order valence-corrected chi connectivity index (χ1v) is 4.65. The minimum Gasteiger partial charge on any atom is -0.463 e. The topological polar surface area (TPSA) is 65.0 Å². The minimum absolute atomic E-state index is 0.0607. The number of ether oxygens (including phenoxy) is 3. The van der Waals surface area contributed by atoms with Gasteiger partial charge in [0, 0.05) is 26.2 Å². The van der Waals surface area contributed by atoms with Gasteiger partial charge in [-0.3, -0.25) is 0 Å². The number of aliphatic hydroxyl groups is 1. The van der Waals surface area contributed by atoms with E-state index in [1.807, 2.05) is 0 Å². The molecule has 0 amide bonds. The summed E-state index contributed by atoms with van der Waals surface area (Å²) in [6.45, 7) is 5.51. The van der Waals surface area contributed by atoms with Crippen molar-refractivity contribution in [1.82, 2.24) is 0 Å². The maximum atomic E-state index is 11.2. The first kappa shape index (κ1) is 14.1. The van der Waals surface area contributed by atoms with Gasteiger partial charge in [-0.05, 0) is 6.92 Å². The lowest BCUT2D eigenvalue weighted by molar-refractivity contribution is -0.164. The quantitative estimate of drug-likeness (QED) is 0.382. The Balaban J connectivity index is 4.10. The van der Waals surface area contributed by atoms with Gasteiger partial charge in [0.2, 0.25) is 0 Å². The molecule has 1 unspecified atom stereocenters. The number of carbonyl (C=O) groups is 1. The molecule has 0 saturated carbocycles. The van der Waals surface area contributed by atoms with Gasteiger partial charge in [0.1, 0.15) is 6.10 Å². The summed E-state index contributed by atoms with van der Waals surface area (Å²) in [4.78, 5) is 11.2. The van der Waals surface area contributed by atoms with Crippen molar-refractivity contribution in [3.63, 3.8) is 0 Å². The van der Waals surface area contributed by atoms with E-state index in [0.29, 0.717) is 0 Å². The molecule has 0 aromatic rings. The maximum Gasteiger partial charge on any atom is 0.333 e. The predicted molar refractivity (Wildman–Crippen MR) is 54.2 cm³/mol. The third-order valence-electron chi connectivity index (χ3n) is 1.80. The van der Waals surface area contributed by atoms with Crippen molar-refractivity contribution < 1.29 is 24.1 Å². The van der Waals surface area contributed by atoms with Crippen LogP contribution in [0.2, 0.25) is 0 Å². The van der Waals surface area contributed by atoms with Crippen LogP contribution in [0, 0.1) is 0 Å². The lowest BCUT2D eigenvalue weighted by atomic mass is 10.1. The van der Waals surface area contributed by atoms with E-state index in [-0.39, 0.29) is 18.6 Å². The van der Waals surface area contributed by atoms with Crippen LogP contribution in [0.4, 0.5) is 0 Å². The minimum atomic E-state index is -0.933. The highest BCUT2D eigenvalue weighted by atomic mass is 16.7. The first-order valence-electron chi connectivity index (χ1n) is 4.65. The highest BCUT2D eigenvalue weighted by molar-refractivity contribution is 5.87. The lowest BCUT2D eigenvalue weighted by Crippen LogP contribution is -2.31. The van der Waals surface area contributed by atoms with Crippen molar-refractivity contribution in [2.45, 2.75) is 25.7 Å². The Morgan fingerprint density at radius 3 is 2.33 bits per heavy atom. The van der Waals surface area contributed by atoms with E-state index in [9.17, 15) is 9.90 Å². The molecular weight excluding hydrogens is 200 g/mol. The molecular formula is C10H18O5. The van der Waals surface area contributed by atoms with E-state index in [1.54, 1.807) is 6.92 Å². The van der Waals surface area contributed by atoms with Gasteiger partial charge in [-0.2, -0.15) is 0 Å². The van der Waals surface area contributed by atoms with Crippen LogP contribution in [0.15, 0.2) is 12.2 Å². The van der Waals surface area contributed by atoms with E-state index in [4.69, 9.17) is 14.2 Å². The largest absolute Gasteiger partial charge is 0.463 e. The maximum absolute atomic E-state index is 11.2. The van der Waals surface area contributed by atoms with Crippen molar-refractivity contribution in [3.05, 3.63) is 12.2 Å². The van der Waals surface area contributed by atoms with Crippen molar-refractivity contribution in [3.8, 4) is 0 Å². The second kappa shape index (κ2) is 7.39. The molecule has 0 fully saturated rings. The SMILES string of the molecule is C=C(CC(O)C(OC)OC)C(=O)OCC. The zero-order valence-corrected chi connectivity index (χ0v) is 9.36. The fourth-order valence-corrected chi connectivity index (χ4v) is 1.08. The number of methoxy groups -OCH3 is 2. The number of rotatable bonds is 7. The van der Waals surface area contributed by atoms with Gasteiger partial charge in [0.15, 0.2) is 6.29 Å². The Kier molecular flexibility index (Phi) is 6.94. The zero-order valence-electron chi connectivity index (χ0n) is 9.36. The molecule has 0 aromatic heterocycles. The van der Waals surface area contributed by atoms with Crippen LogP contribution in [-0.2, 0) is 19.0 Å². The molecule has 0 spiro atoms. The van der Waals surface area contributed by atoms with E-state index >= 15 is 0 Å². The second-order valence-electron chi connectivity index (χ2n) is 2.94. The highest BCUT2D eigenvalue weighted by Crippen LogP contribution is 2.11. The predicted octanol–water partition coefficient (Wildman–Crippen LogP) is 0.476. The Hall–Kier alpha value is -0.910. The molecule has 5 nitrogen and oxygen atoms in total. The third kappa shape index (κ3) is 4.92. The van der Waals surface area contributed by atoms with Gasteiger partial charge < -0.3 is 19.3 Å². The fourth-order valence-electron chi connectivity index (χ4n) is 1.08. The van der Waals surface area contributed by atoms with Crippen molar-refractivity contribution >= 4 is 5.97 Å². The summed E-state index contributed by atoms with van der Waals surface area (Å²) >= 11 is 0. The normalized spacial score (nSPS) is 12.6. The summed E-state index contributed by atoms with van der Waals surface area (Å²) in [6, 6.07) is 0. The number of esters is 1. The summed E-state index contributed by atoms with van der Waals surface area (Å²) < 4.78 is 14.4. The van der Waals surface area contributed by atoms with Gasteiger partial charge in [0.25, 0.3) is 0 Å². The number of carbonyl (C=O) groups excluding carboxylic acids is 1. The summed E-state index contributed by atoms with van der Waals surface area (Å²) in [7, 11) is 2.81. The first-order chi connectivity index (χ1) is 7.06. The molecule has 0 heterocycles. The Bertz CT molecular complexity index is 210. The molecule has 0 aliphatic heterocycles. The van der Waals surface area contributed by atoms with Gasteiger partial charge in [-0.15, -0.1) is 0 Å². The fraction of sp³-hybridized carbons (Fsp3) is 0.700. The van der Waals surface area contributed by atoms with E-state index < -0.39 is 18.4 Å². The summed E-state index contributed by atoms with van der Waals surface area (Å²) in [6.07, 6.45) is -1.64. The molecule has 0 saturated heterocycles. The van der Waals surface area contributed by atoms with Gasteiger partial charge >= 0.3 is 5.97 Å². The monoisotopic (exact) mass is 218 g/mol. The lowest BCUT2D eigenvalue weighted by Gasteiger charge is -2.20. The summed E-state index contributed by atoms with van der Waals surface area (Å²) in [5, 5.41) is 9.58. The van der Waals surface area contributed by atoms with Gasteiger partial charge in [0.05, 0.1) is 6.61 Å². The van der Waals surface area contributed by atoms with Crippen molar-refractivity contribution in [1.29, 1.82) is 0 Å². The van der Waals surface area contributed by atoms with Crippen molar-refractivity contribution in [2.75, 3.05) is 20.8 Å². The molecule has 0 bridgehead atoms. The van der Waals surface area contributed by atoms with Crippen LogP contribution >= 0.6 is 0 Å². The van der Waals surface area contributed by atoms with E-state index in [1.165, 1.54) is 14.2 Å². The second-order valence-corrected chi connectivity index (χ2v) is 2.94. The zero-order chi connectivity index (χ0) is 11.8. The molecule has 1 N–H and O–H groups in total. The Morgan fingerprint density at radius 1 is 1.40 bits per heavy atom. The highest BCUT2D eigenvalue weighted by Gasteiger charge is 2.21.